The predicted octanol–water partition coefficient (Wildman–Crippen LogP) is 3.26. The first-order valence-electron chi connectivity index (χ1n) is 9.87. The molecule has 9 heteroatoms. The molecule has 2 aliphatic carbocycles. The maximum atomic E-state index is 12.5. The van der Waals surface area contributed by atoms with Gasteiger partial charge in [0.15, 0.2) is 0 Å². The quantitative estimate of drug-likeness (QED) is 0.431. The summed E-state index contributed by atoms with van der Waals surface area (Å²) in [5.74, 6) is -1.41. The van der Waals surface area contributed by atoms with Crippen molar-refractivity contribution in [2.75, 3.05) is 0 Å². The summed E-state index contributed by atoms with van der Waals surface area (Å²) in [7, 11) is -4.60. The number of rotatable bonds is 5. The molecular weight excluding hydrogens is 407 g/mol. The molecule has 0 spiro atoms. The SMILES string of the molecule is O=C(OC1CCCCC1)c1cc(C(=O)OC2CCCCC2)cc(S(=O)(=O)O)c1.[NaH]. The van der Waals surface area contributed by atoms with Gasteiger partial charge < -0.3 is 9.47 Å². The van der Waals surface area contributed by atoms with Crippen LogP contribution in [0.2, 0.25) is 0 Å². The second kappa shape index (κ2) is 10.9. The Balaban J connectivity index is 0.00000300. The summed E-state index contributed by atoms with van der Waals surface area (Å²) in [4.78, 5) is 24.5. The molecule has 1 N–H and O–H groups in total. The molecule has 0 amide bonds. The molecule has 156 valence electrons. The number of benzene rings is 1. The molecule has 0 saturated heterocycles. The molecule has 3 rings (SSSR count). The van der Waals surface area contributed by atoms with Gasteiger partial charge >= 0.3 is 41.5 Å². The van der Waals surface area contributed by atoms with Crippen molar-refractivity contribution in [3.8, 4) is 0 Å². The van der Waals surface area contributed by atoms with Gasteiger partial charge in [-0.25, -0.2) is 9.59 Å². The Bertz CT molecular complexity index is 775. The third-order valence-corrected chi connectivity index (χ3v) is 6.16. The van der Waals surface area contributed by atoms with Gasteiger partial charge in [-0.05, 0) is 69.6 Å². The number of hydrogen-bond acceptors (Lipinski definition) is 6. The fraction of sp³-hybridized carbons (Fsp3) is 0.600. The van der Waals surface area contributed by atoms with Crippen molar-refractivity contribution in [3.05, 3.63) is 29.3 Å². The van der Waals surface area contributed by atoms with E-state index in [2.05, 4.69) is 0 Å². The van der Waals surface area contributed by atoms with Crippen LogP contribution in [0, 0.1) is 0 Å². The number of carbonyl (C=O) groups is 2. The van der Waals surface area contributed by atoms with Crippen LogP contribution in [0.5, 0.6) is 0 Å². The molecule has 0 unspecified atom stereocenters. The number of carbonyl (C=O) groups excluding carboxylic acids is 2. The molecule has 7 nitrogen and oxygen atoms in total. The minimum atomic E-state index is -4.60. The van der Waals surface area contributed by atoms with E-state index in [4.69, 9.17) is 9.47 Å². The summed E-state index contributed by atoms with van der Waals surface area (Å²) in [5.41, 5.74) is -0.174. The fourth-order valence-electron chi connectivity index (χ4n) is 3.79. The zero-order valence-electron chi connectivity index (χ0n) is 15.8. The van der Waals surface area contributed by atoms with Crippen LogP contribution in [0.4, 0.5) is 0 Å². The van der Waals surface area contributed by atoms with Gasteiger partial charge in [0.2, 0.25) is 0 Å². The van der Waals surface area contributed by atoms with Gasteiger partial charge in [0, 0.05) is 0 Å². The zero-order valence-corrected chi connectivity index (χ0v) is 16.6. The normalized spacial score (nSPS) is 18.5. The van der Waals surface area contributed by atoms with Gasteiger partial charge in [0.25, 0.3) is 10.1 Å². The minimum absolute atomic E-state index is 0. The Morgan fingerprint density at radius 3 is 1.48 bits per heavy atom. The summed E-state index contributed by atoms with van der Waals surface area (Å²) in [6.45, 7) is 0. The van der Waals surface area contributed by atoms with Crippen molar-refractivity contribution in [1.29, 1.82) is 0 Å². The summed E-state index contributed by atoms with van der Waals surface area (Å²) >= 11 is 0. The predicted molar refractivity (Wildman–Crippen MR) is 108 cm³/mol. The van der Waals surface area contributed by atoms with Crippen LogP contribution in [0.1, 0.15) is 84.9 Å². The number of ether oxygens (including phenoxy) is 2. The average Bonchev–Trinajstić information content (AvgIpc) is 2.68. The maximum absolute atomic E-state index is 12.5. The first kappa shape index (κ1) is 24.3. The van der Waals surface area contributed by atoms with Crippen molar-refractivity contribution in [2.45, 2.75) is 81.3 Å². The van der Waals surface area contributed by atoms with Crippen molar-refractivity contribution < 1.29 is 32.0 Å². The van der Waals surface area contributed by atoms with E-state index in [0.29, 0.717) is 0 Å². The standard InChI is InChI=1S/C20H26O7S.Na.H/c21-19(26-16-7-3-1-4-8-16)14-11-15(13-18(12-14)28(23,24)25)20(22)27-17-9-5-2-6-10-17;;/h11-13,16-17H,1-10H2,(H,23,24,25);;. The van der Waals surface area contributed by atoms with Crippen molar-refractivity contribution in [1.82, 2.24) is 0 Å². The summed E-state index contributed by atoms with van der Waals surface area (Å²) in [6.07, 6.45) is 8.73. The molecule has 0 radical (unpaired) electrons. The first-order valence-corrected chi connectivity index (χ1v) is 11.3. The molecule has 2 fully saturated rings. The van der Waals surface area contributed by atoms with Crippen LogP contribution in [0.15, 0.2) is 23.1 Å². The Labute approximate surface area is 193 Å². The Morgan fingerprint density at radius 1 is 0.759 bits per heavy atom. The van der Waals surface area contributed by atoms with Gasteiger partial charge in [-0.15, -0.1) is 0 Å². The molecule has 0 aliphatic heterocycles. The van der Waals surface area contributed by atoms with E-state index in [1.54, 1.807) is 0 Å². The van der Waals surface area contributed by atoms with Crippen molar-refractivity contribution in [2.24, 2.45) is 0 Å². The second-order valence-electron chi connectivity index (χ2n) is 7.55. The number of hydrogen-bond donors (Lipinski definition) is 1. The molecule has 2 saturated carbocycles. The van der Waals surface area contributed by atoms with E-state index in [-0.39, 0.29) is 52.9 Å². The van der Waals surface area contributed by atoms with Crippen LogP contribution in [0.25, 0.3) is 0 Å². The van der Waals surface area contributed by atoms with E-state index < -0.39 is 27.0 Å². The summed E-state index contributed by atoms with van der Waals surface area (Å²) in [6, 6.07) is 3.32. The Kier molecular flexibility index (Phi) is 9.15. The molecule has 0 atom stereocenters. The molecule has 1 aromatic rings. The molecular formula is C20H27NaO7S. The van der Waals surface area contributed by atoms with Gasteiger partial charge in [0.05, 0.1) is 16.0 Å². The first-order chi connectivity index (χ1) is 13.3. The molecule has 29 heavy (non-hydrogen) atoms. The monoisotopic (exact) mass is 434 g/mol. The molecule has 1 aromatic carbocycles. The van der Waals surface area contributed by atoms with Crippen LogP contribution in [-0.2, 0) is 19.6 Å². The van der Waals surface area contributed by atoms with E-state index >= 15 is 0 Å². The summed E-state index contributed by atoms with van der Waals surface area (Å²) in [5, 5.41) is 0. The van der Waals surface area contributed by atoms with E-state index in [1.807, 2.05) is 0 Å². The molecule has 0 aromatic heterocycles. The fourth-order valence-corrected chi connectivity index (χ4v) is 4.34. The van der Waals surface area contributed by atoms with Crippen LogP contribution < -0.4 is 0 Å². The average molecular weight is 434 g/mol. The Morgan fingerprint density at radius 2 is 1.14 bits per heavy atom. The molecule has 0 heterocycles. The topological polar surface area (TPSA) is 107 Å². The second-order valence-corrected chi connectivity index (χ2v) is 8.97. The Hall–Kier alpha value is -0.930. The van der Waals surface area contributed by atoms with Gasteiger partial charge in [-0.2, -0.15) is 8.42 Å². The third kappa shape index (κ3) is 7.07. The van der Waals surface area contributed by atoms with Crippen LogP contribution in [0.3, 0.4) is 0 Å². The molecule has 2 aliphatic rings. The molecule has 0 bridgehead atoms. The van der Waals surface area contributed by atoms with Gasteiger partial charge in [-0.1, -0.05) is 12.8 Å². The van der Waals surface area contributed by atoms with E-state index in [1.165, 1.54) is 6.07 Å². The third-order valence-electron chi connectivity index (χ3n) is 5.33. The zero-order chi connectivity index (χ0) is 20.1. The van der Waals surface area contributed by atoms with Crippen molar-refractivity contribution >= 4 is 51.6 Å². The van der Waals surface area contributed by atoms with Crippen molar-refractivity contribution in [3.63, 3.8) is 0 Å². The van der Waals surface area contributed by atoms with Gasteiger partial charge in [-0.3, -0.25) is 4.55 Å². The van der Waals surface area contributed by atoms with Crippen LogP contribution in [-0.4, -0.2) is 66.7 Å². The van der Waals surface area contributed by atoms with Gasteiger partial charge in [0.1, 0.15) is 12.2 Å². The number of esters is 2. The van der Waals surface area contributed by atoms with E-state index in [9.17, 15) is 22.6 Å². The van der Waals surface area contributed by atoms with Crippen LogP contribution >= 0.6 is 0 Å². The van der Waals surface area contributed by atoms with E-state index in [0.717, 1.165) is 76.3 Å². The summed E-state index contributed by atoms with van der Waals surface area (Å²) < 4.78 is 43.6.